The van der Waals surface area contributed by atoms with Gasteiger partial charge in [0.25, 0.3) is 0 Å². The van der Waals surface area contributed by atoms with Crippen LogP contribution < -0.4 is 0 Å². The molecule has 1 nitrogen and oxygen atoms in total. The second-order valence-electron chi connectivity index (χ2n) is 19.5. The Morgan fingerprint density at radius 1 is 0.486 bits per heavy atom. The number of hydrogen-bond donors (Lipinski definition) is 0. The number of nitrogens with zero attached hydrogens (tertiary/aromatic N) is 1. The zero-order valence-electron chi connectivity index (χ0n) is 43.3. The van der Waals surface area contributed by atoms with Crippen molar-refractivity contribution in [3.05, 3.63) is 318 Å². The van der Waals surface area contributed by atoms with Crippen molar-refractivity contribution < 1.29 is 0 Å². The van der Waals surface area contributed by atoms with Gasteiger partial charge >= 0.3 is 0 Å². The molecule has 0 saturated heterocycles. The summed E-state index contributed by atoms with van der Waals surface area (Å²) in [5, 5.41) is 2.56. The second kappa shape index (κ2) is 22.3. The van der Waals surface area contributed by atoms with Gasteiger partial charge < -0.3 is 4.57 Å². The van der Waals surface area contributed by atoms with Crippen LogP contribution in [0.1, 0.15) is 64.8 Å². The molecule has 0 N–H and O–H groups in total. The predicted molar refractivity (Wildman–Crippen MR) is 320 cm³/mol. The first-order chi connectivity index (χ1) is 36.3. The Morgan fingerprint density at radius 3 is 1.64 bits per heavy atom. The molecule has 12 rings (SSSR count). The Balaban J connectivity index is 0.000000136. The molecule has 2 aliphatic carbocycles. The summed E-state index contributed by atoms with van der Waals surface area (Å²) < 4.78 is 2.37. The van der Waals surface area contributed by atoms with Crippen molar-refractivity contribution in [2.75, 3.05) is 0 Å². The lowest BCUT2D eigenvalue weighted by Crippen LogP contribution is -1.94. The molecule has 360 valence electrons. The number of allylic oxidation sites excluding steroid dienone is 10. The highest BCUT2D eigenvalue weighted by molar-refractivity contribution is 6.18. The van der Waals surface area contributed by atoms with Crippen LogP contribution in [-0.4, -0.2) is 4.57 Å². The summed E-state index contributed by atoms with van der Waals surface area (Å²) in [4.78, 5) is 0. The van der Waals surface area contributed by atoms with Gasteiger partial charge in [0.05, 0.1) is 11.0 Å². The molecule has 1 unspecified atom stereocenters. The van der Waals surface area contributed by atoms with E-state index in [2.05, 4.69) is 301 Å². The third-order valence-corrected chi connectivity index (χ3v) is 14.2. The molecule has 1 atom stereocenters. The van der Waals surface area contributed by atoms with E-state index >= 15 is 0 Å². The zero-order chi connectivity index (χ0) is 51.0. The van der Waals surface area contributed by atoms with E-state index in [9.17, 15) is 0 Å². The maximum absolute atomic E-state index is 3.99. The number of aromatic nitrogens is 1. The average Bonchev–Trinajstić information content (AvgIpc) is 3.95. The topological polar surface area (TPSA) is 4.93 Å². The quantitative estimate of drug-likeness (QED) is 0.150. The van der Waals surface area contributed by atoms with Crippen LogP contribution in [0.2, 0.25) is 0 Å². The molecule has 10 aromatic rings. The van der Waals surface area contributed by atoms with Gasteiger partial charge in [-0.05, 0) is 148 Å². The van der Waals surface area contributed by atoms with Gasteiger partial charge in [-0.1, -0.05) is 261 Å². The fourth-order valence-electron chi connectivity index (χ4n) is 10.4. The third kappa shape index (κ3) is 10.4. The molecule has 1 aromatic heterocycles. The van der Waals surface area contributed by atoms with Gasteiger partial charge in [0, 0.05) is 16.5 Å². The maximum atomic E-state index is 3.99. The van der Waals surface area contributed by atoms with Crippen molar-refractivity contribution in [3.8, 4) is 27.9 Å². The van der Waals surface area contributed by atoms with Crippen molar-refractivity contribution in [1.29, 1.82) is 0 Å². The van der Waals surface area contributed by atoms with Crippen LogP contribution in [0.4, 0.5) is 0 Å². The number of hydrogen-bond acceptors (Lipinski definition) is 0. The fourth-order valence-corrected chi connectivity index (χ4v) is 10.4. The summed E-state index contributed by atoms with van der Waals surface area (Å²) in [5.74, 6) is 0.677. The van der Waals surface area contributed by atoms with Crippen molar-refractivity contribution in [2.24, 2.45) is 5.92 Å². The van der Waals surface area contributed by atoms with Gasteiger partial charge in [-0.3, -0.25) is 0 Å². The van der Waals surface area contributed by atoms with Crippen LogP contribution in [0.15, 0.2) is 273 Å². The first-order valence-electron chi connectivity index (χ1n) is 26.0. The molecular weight excluding hydrogens is 891 g/mol. The van der Waals surface area contributed by atoms with E-state index in [0.717, 1.165) is 0 Å². The Kier molecular flexibility index (Phi) is 14.7. The SMILES string of the molecule is C=C/C=C1/C(=C(c2ccccc2)c2ccccc2)c2cc(C)ccc2/C1=C/C.Cc1ccc(-c2ccc3c(c2)c2ccccc2n3-c2ccc(-c3ccccc3)cc2)cc1.Cc1ccc(C2=CC(C)CC=C2)cc1. The summed E-state index contributed by atoms with van der Waals surface area (Å²) in [6.45, 7) is 14.8. The smallest absolute Gasteiger partial charge is 0.0541 e. The first kappa shape index (κ1) is 48.8. The Labute approximate surface area is 438 Å². The highest BCUT2D eigenvalue weighted by atomic mass is 15.0. The van der Waals surface area contributed by atoms with E-state index in [1.54, 1.807) is 0 Å². The molecule has 0 bridgehead atoms. The molecule has 0 fully saturated rings. The Hall–Kier alpha value is -8.78. The molecule has 9 aromatic carbocycles. The van der Waals surface area contributed by atoms with Gasteiger partial charge in [-0.2, -0.15) is 0 Å². The third-order valence-electron chi connectivity index (χ3n) is 14.2. The zero-order valence-corrected chi connectivity index (χ0v) is 43.3. The van der Waals surface area contributed by atoms with Crippen molar-refractivity contribution >= 4 is 44.1 Å². The molecule has 1 heterocycles. The monoisotopic (exact) mass is 953 g/mol. The number of aryl methyl sites for hydroxylation is 3. The average molecular weight is 954 g/mol. The van der Waals surface area contributed by atoms with E-state index in [1.165, 1.54) is 129 Å². The lowest BCUT2D eigenvalue weighted by Gasteiger charge is -2.15. The molecule has 0 saturated carbocycles. The minimum absolute atomic E-state index is 0.677. The second-order valence-corrected chi connectivity index (χ2v) is 19.5. The predicted octanol–water partition coefficient (Wildman–Crippen LogP) is 19.9. The summed E-state index contributed by atoms with van der Waals surface area (Å²) >= 11 is 0. The van der Waals surface area contributed by atoms with Crippen LogP contribution in [0.5, 0.6) is 0 Å². The normalized spacial score (nSPS) is 14.7. The number of benzene rings is 9. The van der Waals surface area contributed by atoms with Crippen LogP contribution in [0, 0.1) is 26.7 Å². The molecule has 74 heavy (non-hydrogen) atoms. The largest absolute Gasteiger partial charge is 0.309 e. The summed E-state index contributed by atoms with van der Waals surface area (Å²) in [6.07, 6.45) is 14.3. The lowest BCUT2D eigenvalue weighted by molar-refractivity contribution is 0.740. The molecule has 0 aliphatic heterocycles. The summed E-state index contributed by atoms with van der Waals surface area (Å²) in [6, 6.07) is 80.6. The molecule has 0 spiro atoms. The van der Waals surface area contributed by atoms with Crippen LogP contribution >= 0.6 is 0 Å². The minimum Gasteiger partial charge on any atom is -0.309 e. The summed E-state index contributed by atoms with van der Waals surface area (Å²) in [7, 11) is 0. The van der Waals surface area contributed by atoms with E-state index in [1.807, 2.05) is 6.08 Å². The van der Waals surface area contributed by atoms with Crippen LogP contribution in [0.3, 0.4) is 0 Å². The van der Waals surface area contributed by atoms with Gasteiger partial charge in [0.1, 0.15) is 0 Å². The maximum Gasteiger partial charge on any atom is 0.0541 e. The minimum atomic E-state index is 0.677. The number of rotatable bonds is 7. The van der Waals surface area contributed by atoms with E-state index in [4.69, 9.17) is 0 Å². The molecular formula is C73H63N. The van der Waals surface area contributed by atoms with Gasteiger partial charge in [0.15, 0.2) is 0 Å². The standard InChI is InChI=1S/C31H23N.C28H24.C14H16/c1-22-11-13-25(14-12-22)26-17-20-31-29(21-26)28-9-5-6-10-30(28)32(31)27-18-15-24(16-19-27)23-7-3-2-4-8-23;1-4-12-25-23(5-2)24-18-17-20(3)19-26(24)28(25)27(21-13-8-6-9-14-21)22-15-10-7-11-16-22;1-11-6-8-13(9-7-11)14-5-3-4-12(2)10-14/h2-21H,1H3;4-19H,1H2,2-3H3;3,5-10,12H,4H2,1-2H3/b;23-5-,25-12+;. The van der Waals surface area contributed by atoms with Gasteiger partial charge in [0.2, 0.25) is 0 Å². The molecule has 0 amide bonds. The summed E-state index contributed by atoms with van der Waals surface area (Å²) in [5.41, 5.74) is 25.3. The van der Waals surface area contributed by atoms with E-state index in [-0.39, 0.29) is 0 Å². The van der Waals surface area contributed by atoms with E-state index < -0.39 is 0 Å². The van der Waals surface area contributed by atoms with Gasteiger partial charge in [-0.15, -0.1) is 0 Å². The van der Waals surface area contributed by atoms with Crippen molar-refractivity contribution in [2.45, 2.75) is 41.0 Å². The number of fused-ring (bicyclic) bond motifs is 4. The Morgan fingerprint density at radius 2 is 1.01 bits per heavy atom. The number of para-hydroxylation sites is 1. The van der Waals surface area contributed by atoms with Gasteiger partial charge in [-0.25, -0.2) is 0 Å². The highest BCUT2D eigenvalue weighted by Crippen LogP contribution is 2.50. The first-order valence-corrected chi connectivity index (χ1v) is 26.0. The Bertz CT molecular complexity index is 3700. The fraction of sp³-hybridized carbons (Fsp3) is 0.0959. The molecule has 2 aliphatic rings. The van der Waals surface area contributed by atoms with Crippen molar-refractivity contribution in [1.82, 2.24) is 4.57 Å². The van der Waals surface area contributed by atoms with Crippen LogP contribution in [-0.2, 0) is 0 Å². The lowest BCUT2D eigenvalue weighted by atomic mass is 9.88. The van der Waals surface area contributed by atoms with Crippen molar-refractivity contribution in [3.63, 3.8) is 0 Å². The molecule has 1 heteroatoms. The van der Waals surface area contributed by atoms with E-state index in [0.29, 0.717) is 5.92 Å². The highest BCUT2D eigenvalue weighted by Gasteiger charge is 2.29. The van der Waals surface area contributed by atoms with Crippen LogP contribution in [0.25, 0.3) is 72.0 Å². The molecule has 0 radical (unpaired) electrons.